The number of carbonyl (C=O) groups excluding carboxylic acids is 2. The van der Waals surface area contributed by atoms with Crippen LogP contribution in [-0.2, 0) is 6.54 Å². The van der Waals surface area contributed by atoms with E-state index in [4.69, 9.17) is 4.74 Å². The van der Waals surface area contributed by atoms with Gasteiger partial charge in [-0.3, -0.25) is 14.4 Å². The van der Waals surface area contributed by atoms with Gasteiger partial charge in [0.2, 0.25) is 5.43 Å². The fourth-order valence-corrected chi connectivity index (χ4v) is 4.18. The predicted octanol–water partition coefficient (Wildman–Crippen LogP) is 3.63. The molecule has 1 saturated carbocycles. The van der Waals surface area contributed by atoms with Gasteiger partial charge in [0, 0.05) is 38.6 Å². The Bertz CT molecular complexity index is 1000. The molecule has 0 radical (unpaired) electrons. The first-order valence-electron chi connectivity index (χ1n) is 11.2. The van der Waals surface area contributed by atoms with Crippen molar-refractivity contribution in [3.8, 4) is 5.75 Å². The average molecular weight is 440 g/mol. The molecule has 0 bridgehead atoms. The SMILES string of the molecule is COc1ccc(CNC(=O)c2cn(C3CCCC3)cc(C(=O)N(C)CC(C)C)c2=O)cc1. The Morgan fingerprint density at radius 3 is 2.34 bits per heavy atom. The van der Waals surface area contributed by atoms with Crippen molar-refractivity contribution in [1.29, 1.82) is 0 Å². The molecular weight excluding hydrogens is 406 g/mol. The minimum atomic E-state index is -0.521. The first-order valence-corrected chi connectivity index (χ1v) is 11.2. The number of pyridine rings is 1. The second kappa shape index (κ2) is 10.5. The Morgan fingerprint density at radius 2 is 1.75 bits per heavy atom. The van der Waals surface area contributed by atoms with Gasteiger partial charge in [-0.25, -0.2) is 0 Å². The minimum Gasteiger partial charge on any atom is -0.497 e. The molecule has 0 saturated heterocycles. The molecule has 7 heteroatoms. The lowest BCUT2D eigenvalue weighted by molar-refractivity contribution is 0.0776. The second-order valence-electron chi connectivity index (χ2n) is 8.91. The molecule has 172 valence electrons. The van der Waals surface area contributed by atoms with Gasteiger partial charge in [0.05, 0.1) is 7.11 Å². The largest absolute Gasteiger partial charge is 0.497 e. The maximum absolute atomic E-state index is 13.2. The van der Waals surface area contributed by atoms with Crippen molar-refractivity contribution in [1.82, 2.24) is 14.8 Å². The molecule has 1 fully saturated rings. The average Bonchev–Trinajstić information content (AvgIpc) is 3.32. The Balaban J connectivity index is 1.88. The number of hydrogen-bond donors (Lipinski definition) is 1. The van der Waals surface area contributed by atoms with Crippen LogP contribution < -0.4 is 15.5 Å². The van der Waals surface area contributed by atoms with Crippen molar-refractivity contribution in [2.45, 2.75) is 52.1 Å². The van der Waals surface area contributed by atoms with Gasteiger partial charge in [-0.1, -0.05) is 38.8 Å². The standard InChI is InChI=1S/C25H33N3O4/c1-17(2)14-27(3)25(31)22-16-28(19-7-5-6-8-19)15-21(23(22)29)24(30)26-13-18-9-11-20(32-4)12-10-18/h9-12,15-17,19H,5-8,13-14H2,1-4H3,(H,26,30). The van der Waals surface area contributed by atoms with E-state index in [1.807, 2.05) is 42.7 Å². The van der Waals surface area contributed by atoms with Crippen LogP contribution in [0, 0.1) is 5.92 Å². The molecule has 7 nitrogen and oxygen atoms in total. The summed E-state index contributed by atoms with van der Waals surface area (Å²) in [4.78, 5) is 40.7. The first-order chi connectivity index (χ1) is 15.3. The number of rotatable bonds is 8. The van der Waals surface area contributed by atoms with Crippen LogP contribution in [-0.4, -0.2) is 42.0 Å². The number of benzene rings is 1. The molecule has 1 aromatic carbocycles. The van der Waals surface area contributed by atoms with E-state index in [2.05, 4.69) is 5.32 Å². The third-order valence-corrected chi connectivity index (χ3v) is 5.86. The van der Waals surface area contributed by atoms with Crippen molar-refractivity contribution in [3.63, 3.8) is 0 Å². The molecule has 0 spiro atoms. The number of nitrogens with one attached hydrogen (secondary N) is 1. The Morgan fingerprint density at radius 1 is 1.12 bits per heavy atom. The van der Waals surface area contributed by atoms with E-state index >= 15 is 0 Å². The summed E-state index contributed by atoms with van der Waals surface area (Å²) < 4.78 is 7.05. The third kappa shape index (κ3) is 5.58. The highest BCUT2D eigenvalue weighted by molar-refractivity contribution is 5.99. The molecule has 3 rings (SSSR count). The molecule has 1 aliphatic carbocycles. The summed E-state index contributed by atoms with van der Waals surface area (Å²) in [5, 5.41) is 2.82. The van der Waals surface area contributed by atoms with Crippen LogP contribution in [0.2, 0.25) is 0 Å². The normalized spacial score (nSPS) is 13.9. The summed E-state index contributed by atoms with van der Waals surface area (Å²) >= 11 is 0. The van der Waals surface area contributed by atoms with Gasteiger partial charge in [0.15, 0.2) is 0 Å². The van der Waals surface area contributed by atoms with E-state index in [0.717, 1.165) is 37.0 Å². The summed E-state index contributed by atoms with van der Waals surface area (Å²) in [6.07, 6.45) is 7.41. The van der Waals surface area contributed by atoms with Gasteiger partial charge >= 0.3 is 0 Å². The molecule has 0 atom stereocenters. The van der Waals surface area contributed by atoms with Gasteiger partial charge in [-0.15, -0.1) is 0 Å². The number of aromatic nitrogens is 1. The highest BCUT2D eigenvalue weighted by atomic mass is 16.5. The van der Waals surface area contributed by atoms with Gasteiger partial charge in [0.25, 0.3) is 11.8 Å². The Labute approximate surface area is 189 Å². The molecule has 32 heavy (non-hydrogen) atoms. The van der Waals surface area contributed by atoms with Crippen LogP contribution in [0.15, 0.2) is 41.5 Å². The minimum absolute atomic E-state index is 0.00853. The van der Waals surface area contributed by atoms with Gasteiger partial charge in [-0.2, -0.15) is 0 Å². The van der Waals surface area contributed by atoms with Crippen molar-refractivity contribution < 1.29 is 14.3 Å². The van der Waals surface area contributed by atoms with E-state index in [1.54, 1.807) is 31.5 Å². The summed E-state index contributed by atoms with van der Waals surface area (Å²) in [6.45, 7) is 4.85. The van der Waals surface area contributed by atoms with Crippen LogP contribution in [0.3, 0.4) is 0 Å². The van der Waals surface area contributed by atoms with Crippen LogP contribution in [0.4, 0.5) is 0 Å². The zero-order valence-corrected chi connectivity index (χ0v) is 19.4. The molecule has 1 N–H and O–H groups in total. The smallest absolute Gasteiger partial charge is 0.259 e. The fraction of sp³-hybridized carbons (Fsp3) is 0.480. The molecule has 0 unspecified atom stereocenters. The highest BCUT2D eigenvalue weighted by Gasteiger charge is 2.25. The number of hydrogen-bond acceptors (Lipinski definition) is 4. The van der Waals surface area contributed by atoms with Crippen LogP contribution in [0.1, 0.15) is 71.9 Å². The topological polar surface area (TPSA) is 80.6 Å². The lowest BCUT2D eigenvalue weighted by Crippen LogP contribution is -2.37. The number of amides is 2. The summed E-state index contributed by atoms with van der Waals surface area (Å²) in [5.74, 6) is 0.187. The summed E-state index contributed by atoms with van der Waals surface area (Å²) in [6, 6.07) is 7.55. The van der Waals surface area contributed by atoms with E-state index in [-0.39, 0.29) is 35.5 Å². The van der Waals surface area contributed by atoms with Crippen LogP contribution in [0.5, 0.6) is 5.75 Å². The monoisotopic (exact) mass is 439 g/mol. The van der Waals surface area contributed by atoms with Gasteiger partial charge < -0.3 is 19.5 Å². The maximum atomic E-state index is 13.2. The zero-order valence-electron chi connectivity index (χ0n) is 19.4. The highest BCUT2D eigenvalue weighted by Crippen LogP contribution is 2.29. The number of methoxy groups -OCH3 is 1. The quantitative estimate of drug-likeness (QED) is 0.681. The third-order valence-electron chi connectivity index (χ3n) is 5.86. The van der Waals surface area contributed by atoms with Gasteiger partial charge in [-0.05, 0) is 36.5 Å². The molecule has 1 heterocycles. The van der Waals surface area contributed by atoms with E-state index in [9.17, 15) is 14.4 Å². The number of nitrogens with zero attached hydrogens (tertiary/aromatic N) is 2. The van der Waals surface area contributed by atoms with Crippen LogP contribution >= 0.6 is 0 Å². The lowest BCUT2D eigenvalue weighted by atomic mass is 10.1. The lowest BCUT2D eigenvalue weighted by Gasteiger charge is -2.22. The number of carbonyl (C=O) groups is 2. The van der Waals surface area contributed by atoms with E-state index < -0.39 is 11.3 Å². The van der Waals surface area contributed by atoms with Crippen molar-refractivity contribution in [3.05, 3.63) is 63.6 Å². The summed E-state index contributed by atoms with van der Waals surface area (Å²) in [5.41, 5.74) is 0.428. The van der Waals surface area contributed by atoms with E-state index in [0.29, 0.717) is 6.54 Å². The molecule has 1 aromatic heterocycles. The molecular formula is C25H33N3O4. The van der Waals surface area contributed by atoms with Crippen molar-refractivity contribution >= 4 is 11.8 Å². The molecule has 2 aromatic rings. The summed E-state index contributed by atoms with van der Waals surface area (Å²) in [7, 11) is 3.29. The van der Waals surface area contributed by atoms with Gasteiger partial charge in [0.1, 0.15) is 16.9 Å². The Kier molecular flexibility index (Phi) is 7.72. The van der Waals surface area contributed by atoms with Crippen LogP contribution in [0.25, 0.3) is 0 Å². The van der Waals surface area contributed by atoms with Crippen molar-refractivity contribution in [2.75, 3.05) is 20.7 Å². The zero-order chi connectivity index (χ0) is 23.3. The number of ether oxygens (including phenoxy) is 1. The Hall–Kier alpha value is -3.09. The second-order valence-corrected chi connectivity index (χ2v) is 8.91. The predicted molar refractivity (Wildman–Crippen MR) is 124 cm³/mol. The molecule has 1 aliphatic rings. The van der Waals surface area contributed by atoms with Crippen molar-refractivity contribution in [2.24, 2.45) is 5.92 Å². The molecule has 2 amide bonds. The maximum Gasteiger partial charge on any atom is 0.259 e. The molecule has 0 aliphatic heterocycles. The first kappa shape index (κ1) is 23.6. The van der Waals surface area contributed by atoms with E-state index in [1.165, 1.54) is 0 Å². The fourth-order valence-electron chi connectivity index (χ4n) is 4.18.